The number of carbonyl (C=O) groups is 1. The fourth-order valence-corrected chi connectivity index (χ4v) is 3.63. The standard InChI is InChI=1S/C24H18Cl2N4O/c1-29(24(31)18-10-6-3-7-11-18)28-23-15-22(17-8-4-2-5-9-17)30(16-27-23)21-13-12-19(25)14-20(21)26/h2-16H,1H3/b28-23+. The van der Waals surface area contributed by atoms with Crippen LogP contribution in [0.3, 0.4) is 0 Å². The van der Waals surface area contributed by atoms with Gasteiger partial charge in [-0.1, -0.05) is 71.7 Å². The van der Waals surface area contributed by atoms with Crippen molar-refractivity contribution in [1.82, 2.24) is 14.6 Å². The first-order chi connectivity index (χ1) is 15.0. The SMILES string of the molecule is CN(/N=c1\cc(-c2ccccc2)n(-c2ccc(Cl)cc2Cl)cn1)C(=O)c1ccccc1. The van der Waals surface area contributed by atoms with E-state index in [4.69, 9.17) is 23.2 Å². The van der Waals surface area contributed by atoms with Crippen molar-refractivity contribution in [2.45, 2.75) is 0 Å². The van der Waals surface area contributed by atoms with Crippen molar-refractivity contribution in [2.75, 3.05) is 7.05 Å². The lowest BCUT2D eigenvalue weighted by Crippen LogP contribution is -2.26. The molecule has 0 bridgehead atoms. The lowest BCUT2D eigenvalue weighted by molar-refractivity contribution is 0.0792. The van der Waals surface area contributed by atoms with Gasteiger partial charge in [-0.05, 0) is 35.9 Å². The van der Waals surface area contributed by atoms with E-state index in [1.807, 2.05) is 65.2 Å². The number of halogens is 2. The van der Waals surface area contributed by atoms with Crippen molar-refractivity contribution in [3.8, 4) is 16.9 Å². The molecule has 0 radical (unpaired) electrons. The molecule has 1 heterocycles. The molecule has 7 heteroatoms. The van der Waals surface area contributed by atoms with Gasteiger partial charge >= 0.3 is 0 Å². The molecule has 0 unspecified atom stereocenters. The molecule has 4 rings (SSSR count). The minimum absolute atomic E-state index is 0.221. The summed E-state index contributed by atoms with van der Waals surface area (Å²) in [4.78, 5) is 17.1. The number of rotatable bonds is 4. The van der Waals surface area contributed by atoms with Crippen molar-refractivity contribution in [2.24, 2.45) is 5.10 Å². The third-order valence-corrected chi connectivity index (χ3v) is 5.17. The number of nitrogens with zero attached hydrogens (tertiary/aromatic N) is 4. The predicted molar refractivity (Wildman–Crippen MR) is 123 cm³/mol. The number of carbonyl (C=O) groups excluding carboxylic acids is 1. The highest BCUT2D eigenvalue weighted by molar-refractivity contribution is 6.35. The average molecular weight is 449 g/mol. The molecule has 31 heavy (non-hydrogen) atoms. The summed E-state index contributed by atoms with van der Waals surface area (Å²) < 4.78 is 1.87. The van der Waals surface area contributed by atoms with Crippen LogP contribution in [0.15, 0.2) is 96.4 Å². The maximum Gasteiger partial charge on any atom is 0.273 e. The molecule has 0 aliphatic heterocycles. The molecule has 1 amide bonds. The van der Waals surface area contributed by atoms with Crippen LogP contribution in [0, 0.1) is 0 Å². The van der Waals surface area contributed by atoms with Gasteiger partial charge in [0.05, 0.1) is 16.4 Å². The first kappa shape index (κ1) is 20.8. The molecule has 0 aliphatic carbocycles. The molecule has 0 aliphatic rings. The summed E-state index contributed by atoms with van der Waals surface area (Å²) in [5.41, 5.74) is 3.45. The summed E-state index contributed by atoms with van der Waals surface area (Å²) in [6.45, 7) is 0. The molecule has 0 spiro atoms. The summed E-state index contributed by atoms with van der Waals surface area (Å²) in [6.07, 6.45) is 1.64. The monoisotopic (exact) mass is 448 g/mol. The summed E-state index contributed by atoms with van der Waals surface area (Å²) in [6, 6.07) is 25.9. The van der Waals surface area contributed by atoms with Crippen LogP contribution in [0.4, 0.5) is 0 Å². The number of benzene rings is 3. The normalized spacial score (nSPS) is 11.4. The van der Waals surface area contributed by atoms with Crippen LogP contribution in [0.5, 0.6) is 0 Å². The first-order valence-corrected chi connectivity index (χ1v) is 10.3. The molecule has 0 saturated heterocycles. The topological polar surface area (TPSA) is 50.5 Å². The third-order valence-electron chi connectivity index (χ3n) is 4.64. The van der Waals surface area contributed by atoms with Gasteiger partial charge in [-0.2, -0.15) is 0 Å². The van der Waals surface area contributed by atoms with Gasteiger partial charge in [-0.15, -0.1) is 5.10 Å². The number of hydrogen-bond acceptors (Lipinski definition) is 3. The third kappa shape index (κ3) is 4.68. The Labute approximate surface area is 189 Å². The maximum absolute atomic E-state index is 12.6. The summed E-state index contributed by atoms with van der Waals surface area (Å²) in [5.74, 6) is -0.221. The van der Waals surface area contributed by atoms with Gasteiger partial charge in [0.25, 0.3) is 5.91 Å². The largest absolute Gasteiger partial charge is 0.299 e. The fourth-order valence-electron chi connectivity index (χ4n) is 3.13. The Kier molecular flexibility index (Phi) is 6.16. The Morgan fingerprint density at radius 1 is 0.935 bits per heavy atom. The van der Waals surface area contributed by atoms with Crippen molar-refractivity contribution in [3.05, 3.63) is 112 Å². The lowest BCUT2D eigenvalue weighted by Gasteiger charge is -2.16. The van der Waals surface area contributed by atoms with Crippen LogP contribution in [-0.4, -0.2) is 27.5 Å². The highest BCUT2D eigenvalue weighted by atomic mass is 35.5. The average Bonchev–Trinajstić information content (AvgIpc) is 2.80. The Balaban J connectivity index is 1.81. The fraction of sp³-hybridized carbons (Fsp3) is 0.0417. The van der Waals surface area contributed by atoms with Crippen LogP contribution < -0.4 is 5.49 Å². The molecule has 4 aromatic rings. The maximum atomic E-state index is 12.6. The van der Waals surface area contributed by atoms with E-state index in [9.17, 15) is 4.79 Å². The quantitative estimate of drug-likeness (QED) is 0.390. The van der Waals surface area contributed by atoms with Gasteiger partial charge < -0.3 is 0 Å². The molecule has 0 N–H and O–H groups in total. The van der Waals surface area contributed by atoms with Crippen LogP contribution in [0.25, 0.3) is 16.9 Å². The molecular formula is C24H18Cl2N4O. The Morgan fingerprint density at radius 3 is 2.29 bits per heavy atom. The molecule has 0 atom stereocenters. The molecular weight excluding hydrogens is 431 g/mol. The molecule has 1 aromatic heterocycles. The van der Waals surface area contributed by atoms with Crippen LogP contribution in [-0.2, 0) is 0 Å². The van der Waals surface area contributed by atoms with E-state index in [1.165, 1.54) is 5.01 Å². The van der Waals surface area contributed by atoms with E-state index in [0.717, 1.165) is 16.9 Å². The molecule has 3 aromatic carbocycles. The summed E-state index contributed by atoms with van der Waals surface area (Å²) in [7, 11) is 1.61. The minimum atomic E-state index is -0.221. The smallest absolute Gasteiger partial charge is 0.273 e. The number of amides is 1. The van der Waals surface area contributed by atoms with Crippen molar-refractivity contribution in [3.63, 3.8) is 0 Å². The molecule has 0 saturated carbocycles. The van der Waals surface area contributed by atoms with E-state index < -0.39 is 0 Å². The second kappa shape index (κ2) is 9.16. The van der Waals surface area contributed by atoms with Crippen LogP contribution in [0.1, 0.15) is 10.4 Å². The summed E-state index contributed by atoms with van der Waals surface area (Å²) >= 11 is 12.5. The zero-order valence-corrected chi connectivity index (χ0v) is 18.1. The number of hydrogen-bond donors (Lipinski definition) is 0. The predicted octanol–water partition coefficient (Wildman–Crippen LogP) is 5.43. The van der Waals surface area contributed by atoms with Gasteiger partial charge in [0, 0.05) is 23.7 Å². The van der Waals surface area contributed by atoms with E-state index >= 15 is 0 Å². The van der Waals surface area contributed by atoms with Crippen LogP contribution in [0.2, 0.25) is 10.0 Å². The Bertz CT molecular complexity index is 1290. The molecule has 0 fully saturated rings. The zero-order valence-electron chi connectivity index (χ0n) is 16.6. The van der Waals surface area contributed by atoms with Crippen molar-refractivity contribution >= 4 is 29.1 Å². The zero-order chi connectivity index (χ0) is 21.8. The van der Waals surface area contributed by atoms with Crippen molar-refractivity contribution in [1.29, 1.82) is 0 Å². The summed E-state index contributed by atoms with van der Waals surface area (Å²) in [5, 5.41) is 6.73. The van der Waals surface area contributed by atoms with Gasteiger partial charge in [-0.25, -0.2) is 9.99 Å². The minimum Gasteiger partial charge on any atom is -0.299 e. The molecule has 5 nitrogen and oxygen atoms in total. The first-order valence-electron chi connectivity index (χ1n) is 9.50. The van der Waals surface area contributed by atoms with Gasteiger partial charge in [0.2, 0.25) is 0 Å². The Morgan fingerprint density at radius 2 is 1.61 bits per heavy atom. The van der Waals surface area contributed by atoms with E-state index in [0.29, 0.717) is 21.1 Å². The van der Waals surface area contributed by atoms with E-state index in [-0.39, 0.29) is 5.91 Å². The van der Waals surface area contributed by atoms with E-state index in [2.05, 4.69) is 10.1 Å². The second-order valence-electron chi connectivity index (χ2n) is 6.76. The van der Waals surface area contributed by atoms with E-state index in [1.54, 1.807) is 37.6 Å². The van der Waals surface area contributed by atoms with Crippen LogP contribution >= 0.6 is 23.2 Å². The van der Waals surface area contributed by atoms with Gasteiger partial charge in [0.1, 0.15) is 6.33 Å². The highest BCUT2D eigenvalue weighted by Crippen LogP contribution is 2.28. The second-order valence-corrected chi connectivity index (χ2v) is 7.60. The lowest BCUT2D eigenvalue weighted by atomic mass is 10.1. The molecule has 154 valence electrons. The Hall–Kier alpha value is -3.41. The van der Waals surface area contributed by atoms with Gasteiger partial charge in [-0.3, -0.25) is 9.36 Å². The highest BCUT2D eigenvalue weighted by Gasteiger charge is 2.12. The van der Waals surface area contributed by atoms with Crippen molar-refractivity contribution < 1.29 is 4.79 Å². The van der Waals surface area contributed by atoms with Gasteiger partial charge in [0.15, 0.2) is 5.49 Å². The number of aromatic nitrogens is 2.